The zero-order chi connectivity index (χ0) is 17.4. The van der Waals surface area contributed by atoms with Gasteiger partial charge in [-0.25, -0.2) is 0 Å². The zero-order valence-corrected chi connectivity index (χ0v) is 16.1. The van der Waals surface area contributed by atoms with Crippen LogP contribution in [0.5, 0.6) is 0 Å². The van der Waals surface area contributed by atoms with Crippen molar-refractivity contribution in [1.82, 2.24) is 26.2 Å². The highest BCUT2D eigenvalue weighted by molar-refractivity contribution is 5.83. The molecule has 0 radical (unpaired) electrons. The Morgan fingerprint density at radius 1 is 0.560 bits per heavy atom. The van der Waals surface area contributed by atoms with Crippen molar-refractivity contribution in [3.8, 4) is 0 Å². The lowest BCUT2D eigenvalue weighted by atomic mass is 10.2. The topological polar surface area (TPSA) is 63.7 Å². The molecule has 0 aromatic heterocycles. The summed E-state index contributed by atoms with van der Waals surface area (Å²) in [6, 6.07) is 0. The maximum Gasteiger partial charge on any atom is 0.0988 e. The van der Waals surface area contributed by atoms with Crippen LogP contribution in [0.1, 0.15) is 44.9 Å². The van der Waals surface area contributed by atoms with Crippen molar-refractivity contribution in [3.05, 3.63) is 0 Å². The summed E-state index contributed by atoms with van der Waals surface area (Å²) in [6.45, 7) is 12.5. The lowest BCUT2D eigenvalue weighted by molar-refractivity contribution is 0.391. The fourth-order valence-electron chi connectivity index (χ4n) is 3.47. The summed E-state index contributed by atoms with van der Waals surface area (Å²) in [6.07, 6.45) is 9.08. The van der Waals surface area contributed by atoms with E-state index in [2.05, 4.69) is 31.2 Å². The minimum atomic E-state index is 1.08. The first-order chi connectivity index (χ1) is 12.5. The Balaban J connectivity index is 0.000000185. The van der Waals surface area contributed by atoms with Gasteiger partial charge in [-0.1, -0.05) is 6.42 Å². The molecule has 146 valence electrons. The number of nitrogens with one attached hydrogen (secondary N) is 4. The summed E-state index contributed by atoms with van der Waals surface area (Å²) in [5, 5.41) is 13.7. The molecule has 0 aliphatic carbocycles. The predicted molar refractivity (Wildman–Crippen MR) is 108 cm³/mol. The van der Waals surface area contributed by atoms with Crippen LogP contribution in [-0.4, -0.2) is 82.7 Å². The Morgan fingerprint density at radius 3 is 1.72 bits per heavy atom. The van der Waals surface area contributed by atoms with E-state index in [4.69, 9.17) is 0 Å². The number of amidine groups is 1. The highest BCUT2D eigenvalue weighted by atomic mass is 15.2. The van der Waals surface area contributed by atoms with E-state index in [9.17, 15) is 0 Å². The Hall–Kier alpha value is -0.690. The third kappa shape index (κ3) is 10.1. The Bertz CT molecular complexity index is 294. The van der Waals surface area contributed by atoms with Gasteiger partial charge in [0.2, 0.25) is 0 Å². The van der Waals surface area contributed by atoms with E-state index in [-0.39, 0.29) is 0 Å². The maximum absolute atomic E-state index is 4.55. The van der Waals surface area contributed by atoms with Gasteiger partial charge in [-0.2, -0.15) is 0 Å². The quantitative estimate of drug-likeness (QED) is 0.520. The van der Waals surface area contributed by atoms with Crippen LogP contribution in [0.15, 0.2) is 4.99 Å². The molecule has 0 aromatic rings. The Labute approximate surface area is 154 Å². The van der Waals surface area contributed by atoms with Gasteiger partial charge >= 0.3 is 0 Å². The first-order valence-electron chi connectivity index (χ1n) is 10.6. The van der Waals surface area contributed by atoms with Crippen LogP contribution >= 0.6 is 0 Å². The molecule has 0 atom stereocenters. The van der Waals surface area contributed by atoms with E-state index in [0.717, 1.165) is 58.9 Å². The second-order valence-corrected chi connectivity index (χ2v) is 7.16. The standard InChI is InChI=1S/C10H24N4.C9H16N2/c1-3-11-7-9-13-5-2-6-14-10-8-12-4-1;1-2-5-9-10-6-4-8-11(9)7-3-1/h11-14H,1-10H2;1-8H2. The third-order valence-electron chi connectivity index (χ3n) is 4.95. The van der Waals surface area contributed by atoms with Crippen molar-refractivity contribution < 1.29 is 0 Å². The van der Waals surface area contributed by atoms with Gasteiger partial charge < -0.3 is 26.2 Å². The van der Waals surface area contributed by atoms with E-state index in [1.807, 2.05) is 0 Å². The average molecular weight is 353 g/mol. The van der Waals surface area contributed by atoms with Crippen LogP contribution in [-0.2, 0) is 0 Å². The SMILES string of the molecule is C1CCC2=NCCCN2CC1.C1CNCCNCCCNCCNC1. The summed E-state index contributed by atoms with van der Waals surface area (Å²) >= 11 is 0. The molecular weight excluding hydrogens is 312 g/mol. The van der Waals surface area contributed by atoms with Crippen LogP contribution in [0, 0.1) is 0 Å². The molecule has 0 amide bonds. The number of fused-ring (bicyclic) bond motifs is 1. The number of aliphatic imine (C=N–C) groups is 1. The second kappa shape index (κ2) is 14.5. The van der Waals surface area contributed by atoms with E-state index in [0.29, 0.717) is 0 Å². The monoisotopic (exact) mass is 352 g/mol. The fourth-order valence-corrected chi connectivity index (χ4v) is 3.47. The molecule has 4 N–H and O–H groups in total. The van der Waals surface area contributed by atoms with Crippen molar-refractivity contribution in [2.75, 3.05) is 72.0 Å². The first-order valence-corrected chi connectivity index (χ1v) is 10.6. The largest absolute Gasteiger partial charge is 0.360 e. The van der Waals surface area contributed by atoms with Gasteiger partial charge in [0, 0.05) is 52.2 Å². The van der Waals surface area contributed by atoms with Crippen molar-refractivity contribution in [2.45, 2.75) is 44.9 Å². The molecule has 2 fully saturated rings. The number of nitrogens with zero attached hydrogens (tertiary/aromatic N) is 2. The third-order valence-corrected chi connectivity index (χ3v) is 4.95. The summed E-state index contributed by atoms with van der Waals surface area (Å²) in [5.74, 6) is 1.40. The Kier molecular flexibility index (Phi) is 11.9. The van der Waals surface area contributed by atoms with Crippen LogP contribution < -0.4 is 21.3 Å². The summed E-state index contributed by atoms with van der Waals surface area (Å²) in [7, 11) is 0. The van der Waals surface area contributed by atoms with Crippen LogP contribution in [0.25, 0.3) is 0 Å². The second-order valence-electron chi connectivity index (χ2n) is 7.16. The fraction of sp³-hybridized carbons (Fsp3) is 0.947. The molecule has 3 aliphatic rings. The molecule has 2 saturated heterocycles. The molecule has 0 bridgehead atoms. The molecule has 3 rings (SSSR count). The van der Waals surface area contributed by atoms with Gasteiger partial charge in [0.05, 0.1) is 5.84 Å². The maximum atomic E-state index is 4.55. The summed E-state index contributed by atoms with van der Waals surface area (Å²) in [4.78, 5) is 7.04. The lowest BCUT2D eigenvalue weighted by Gasteiger charge is -2.27. The average Bonchev–Trinajstić information content (AvgIpc) is 2.90. The minimum Gasteiger partial charge on any atom is -0.360 e. The molecular formula is C19H40N6. The highest BCUT2D eigenvalue weighted by Crippen LogP contribution is 2.15. The van der Waals surface area contributed by atoms with Crippen molar-refractivity contribution in [2.24, 2.45) is 4.99 Å². The molecule has 3 aliphatic heterocycles. The molecule has 0 saturated carbocycles. The lowest BCUT2D eigenvalue weighted by Crippen LogP contribution is -2.34. The van der Waals surface area contributed by atoms with E-state index in [1.165, 1.54) is 63.9 Å². The summed E-state index contributed by atoms with van der Waals surface area (Å²) in [5.41, 5.74) is 0. The van der Waals surface area contributed by atoms with E-state index < -0.39 is 0 Å². The number of hydrogen-bond acceptors (Lipinski definition) is 6. The molecule has 3 heterocycles. The molecule has 0 unspecified atom stereocenters. The molecule has 0 spiro atoms. The predicted octanol–water partition coefficient (Wildman–Crippen LogP) is 0.803. The summed E-state index contributed by atoms with van der Waals surface area (Å²) < 4.78 is 0. The Morgan fingerprint density at radius 2 is 1.12 bits per heavy atom. The highest BCUT2D eigenvalue weighted by Gasteiger charge is 2.16. The number of rotatable bonds is 0. The van der Waals surface area contributed by atoms with E-state index in [1.54, 1.807) is 0 Å². The van der Waals surface area contributed by atoms with Crippen molar-refractivity contribution >= 4 is 5.84 Å². The van der Waals surface area contributed by atoms with E-state index >= 15 is 0 Å². The van der Waals surface area contributed by atoms with Gasteiger partial charge in [0.25, 0.3) is 0 Å². The molecule has 0 aromatic carbocycles. The van der Waals surface area contributed by atoms with Gasteiger partial charge in [0.15, 0.2) is 0 Å². The van der Waals surface area contributed by atoms with Gasteiger partial charge in [-0.3, -0.25) is 4.99 Å². The molecule has 6 nitrogen and oxygen atoms in total. The zero-order valence-electron chi connectivity index (χ0n) is 16.1. The van der Waals surface area contributed by atoms with Crippen LogP contribution in [0.2, 0.25) is 0 Å². The van der Waals surface area contributed by atoms with Crippen LogP contribution in [0.3, 0.4) is 0 Å². The van der Waals surface area contributed by atoms with Gasteiger partial charge in [0.1, 0.15) is 0 Å². The van der Waals surface area contributed by atoms with Gasteiger partial charge in [-0.05, 0) is 58.3 Å². The van der Waals surface area contributed by atoms with Crippen molar-refractivity contribution in [3.63, 3.8) is 0 Å². The smallest absolute Gasteiger partial charge is 0.0988 e. The molecule has 25 heavy (non-hydrogen) atoms. The van der Waals surface area contributed by atoms with Crippen LogP contribution in [0.4, 0.5) is 0 Å². The first kappa shape index (κ1) is 20.6. The number of hydrogen-bond donors (Lipinski definition) is 4. The minimum absolute atomic E-state index is 1.08. The van der Waals surface area contributed by atoms with Crippen molar-refractivity contribution in [1.29, 1.82) is 0 Å². The normalized spacial score (nSPS) is 24.6. The molecule has 6 heteroatoms. The van der Waals surface area contributed by atoms with Gasteiger partial charge in [-0.15, -0.1) is 0 Å².